The van der Waals surface area contributed by atoms with E-state index in [-0.39, 0.29) is 0 Å². The van der Waals surface area contributed by atoms with Gasteiger partial charge in [-0.15, -0.1) is 0 Å². The molecule has 5 rings (SSSR count). The molecule has 0 radical (unpaired) electrons. The zero-order chi connectivity index (χ0) is 19.8. The Morgan fingerprint density at radius 3 is 1.86 bits per heavy atom. The van der Waals surface area contributed by atoms with Crippen molar-refractivity contribution < 1.29 is 0 Å². The van der Waals surface area contributed by atoms with Crippen molar-refractivity contribution in [2.45, 2.75) is 38.6 Å². The Hall–Kier alpha value is -3.06. The van der Waals surface area contributed by atoms with Gasteiger partial charge in [0.25, 0.3) is 0 Å². The van der Waals surface area contributed by atoms with Gasteiger partial charge in [-0.2, -0.15) is 0 Å². The van der Waals surface area contributed by atoms with E-state index in [9.17, 15) is 0 Å². The van der Waals surface area contributed by atoms with Crippen molar-refractivity contribution in [3.05, 3.63) is 96.6 Å². The predicted molar refractivity (Wildman–Crippen MR) is 126 cm³/mol. The second-order valence-electron chi connectivity index (χ2n) is 8.17. The molecule has 1 heteroatoms. The first-order chi connectivity index (χ1) is 14.3. The summed E-state index contributed by atoms with van der Waals surface area (Å²) in [6.07, 6.45) is 2.25. The van der Waals surface area contributed by atoms with Crippen molar-refractivity contribution in [1.29, 1.82) is 0 Å². The highest BCUT2D eigenvalue weighted by molar-refractivity contribution is 6.08. The fourth-order valence-corrected chi connectivity index (χ4v) is 5.02. The summed E-state index contributed by atoms with van der Waals surface area (Å²) in [5, 5.41) is 5.44. The minimum absolute atomic E-state index is 0.466. The molecule has 0 saturated heterocycles. The van der Waals surface area contributed by atoms with Crippen LogP contribution in [0.15, 0.2) is 91.0 Å². The number of aromatic nitrogens is 1. The van der Waals surface area contributed by atoms with E-state index in [1.54, 1.807) is 0 Å². The molecule has 29 heavy (non-hydrogen) atoms. The molecule has 0 aliphatic carbocycles. The van der Waals surface area contributed by atoms with E-state index in [4.69, 9.17) is 0 Å². The predicted octanol–water partition coefficient (Wildman–Crippen LogP) is 8.09. The highest BCUT2D eigenvalue weighted by Crippen LogP contribution is 2.38. The standard InChI is InChI=1S/C28H27N/c1-3-22(19-20(2)23-16-10-12-21-11-4-5-13-24(21)23)29-27-17-8-6-14-25(27)26-15-7-9-18-28(26)29/h4-18,20,22H,3,19H2,1-2H3. The van der Waals surface area contributed by atoms with E-state index < -0.39 is 0 Å². The smallest absolute Gasteiger partial charge is 0.0493 e. The van der Waals surface area contributed by atoms with Crippen molar-refractivity contribution >= 4 is 32.6 Å². The van der Waals surface area contributed by atoms with Crippen molar-refractivity contribution in [3.63, 3.8) is 0 Å². The largest absolute Gasteiger partial charge is 0.337 e. The fraction of sp³-hybridized carbons (Fsp3) is 0.214. The molecule has 2 unspecified atom stereocenters. The summed E-state index contributed by atoms with van der Waals surface area (Å²) in [5.74, 6) is 0.492. The molecule has 0 aliphatic heterocycles. The van der Waals surface area contributed by atoms with Gasteiger partial charge in [0.05, 0.1) is 0 Å². The molecule has 0 saturated carbocycles. The molecule has 1 heterocycles. The number of rotatable bonds is 5. The van der Waals surface area contributed by atoms with Crippen LogP contribution in [0.4, 0.5) is 0 Å². The summed E-state index contributed by atoms with van der Waals surface area (Å²) >= 11 is 0. The molecule has 1 aromatic heterocycles. The van der Waals surface area contributed by atoms with Crippen LogP contribution in [0, 0.1) is 0 Å². The van der Waals surface area contributed by atoms with Crippen molar-refractivity contribution in [2.75, 3.05) is 0 Å². The van der Waals surface area contributed by atoms with Crippen LogP contribution in [0.1, 0.15) is 44.2 Å². The molecule has 0 aliphatic rings. The van der Waals surface area contributed by atoms with E-state index in [0.29, 0.717) is 12.0 Å². The Morgan fingerprint density at radius 2 is 1.21 bits per heavy atom. The van der Waals surface area contributed by atoms with E-state index in [0.717, 1.165) is 12.8 Å². The summed E-state index contributed by atoms with van der Waals surface area (Å²) in [5.41, 5.74) is 4.17. The minimum Gasteiger partial charge on any atom is -0.337 e. The molecule has 4 aromatic carbocycles. The number of benzene rings is 4. The lowest BCUT2D eigenvalue weighted by Crippen LogP contribution is -2.11. The lowest BCUT2D eigenvalue weighted by molar-refractivity contribution is 0.442. The summed E-state index contributed by atoms with van der Waals surface area (Å²) in [6.45, 7) is 4.71. The topological polar surface area (TPSA) is 4.93 Å². The second kappa shape index (κ2) is 7.40. The van der Waals surface area contributed by atoms with Gasteiger partial charge < -0.3 is 4.57 Å². The maximum atomic E-state index is 2.59. The van der Waals surface area contributed by atoms with Gasteiger partial charge in [0, 0.05) is 27.8 Å². The highest BCUT2D eigenvalue weighted by Gasteiger charge is 2.20. The monoisotopic (exact) mass is 377 g/mol. The fourth-order valence-electron chi connectivity index (χ4n) is 5.02. The van der Waals surface area contributed by atoms with Crippen molar-refractivity contribution in [3.8, 4) is 0 Å². The zero-order valence-electron chi connectivity index (χ0n) is 17.2. The number of hydrogen-bond acceptors (Lipinski definition) is 0. The third kappa shape index (κ3) is 3.02. The van der Waals surface area contributed by atoms with Crippen LogP contribution in [-0.2, 0) is 0 Å². The van der Waals surface area contributed by atoms with Crippen LogP contribution < -0.4 is 0 Å². The quantitative estimate of drug-likeness (QED) is 0.292. The van der Waals surface area contributed by atoms with Crippen LogP contribution in [0.2, 0.25) is 0 Å². The van der Waals surface area contributed by atoms with Crippen LogP contribution in [0.3, 0.4) is 0 Å². The molecule has 2 atom stereocenters. The molecule has 0 spiro atoms. The molecule has 1 nitrogen and oxygen atoms in total. The van der Waals surface area contributed by atoms with E-state index in [2.05, 4.69) is 109 Å². The Morgan fingerprint density at radius 1 is 0.655 bits per heavy atom. The molecule has 144 valence electrons. The molecule has 0 fully saturated rings. The van der Waals surface area contributed by atoms with Crippen LogP contribution in [0.25, 0.3) is 32.6 Å². The van der Waals surface area contributed by atoms with Gasteiger partial charge >= 0.3 is 0 Å². The van der Waals surface area contributed by atoms with Crippen molar-refractivity contribution in [1.82, 2.24) is 4.57 Å². The maximum Gasteiger partial charge on any atom is 0.0493 e. The Kier molecular flexibility index (Phi) is 4.60. The first-order valence-electron chi connectivity index (χ1n) is 10.7. The summed E-state index contributed by atoms with van der Waals surface area (Å²) in [4.78, 5) is 0. The van der Waals surface area contributed by atoms with Gasteiger partial charge in [-0.05, 0) is 47.2 Å². The first-order valence-corrected chi connectivity index (χ1v) is 10.7. The number of hydrogen-bond donors (Lipinski definition) is 0. The molecule has 5 aromatic rings. The SMILES string of the molecule is CCC(CC(C)c1cccc2ccccc12)n1c2ccccc2c2ccccc21. The van der Waals surface area contributed by atoms with Gasteiger partial charge in [-0.3, -0.25) is 0 Å². The lowest BCUT2D eigenvalue weighted by Gasteiger charge is -2.24. The van der Waals surface area contributed by atoms with E-state index >= 15 is 0 Å². The molecule has 0 amide bonds. The molecule has 0 N–H and O–H groups in total. The highest BCUT2D eigenvalue weighted by atomic mass is 15.0. The van der Waals surface area contributed by atoms with Crippen LogP contribution in [0.5, 0.6) is 0 Å². The summed E-state index contributed by atoms with van der Waals surface area (Å²) < 4.78 is 2.59. The zero-order valence-corrected chi connectivity index (χ0v) is 17.2. The third-order valence-corrected chi connectivity index (χ3v) is 6.43. The van der Waals surface area contributed by atoms with Gasteiger partial charge in [-0.25, -0.2) is 0 Å². The lowest BCUT2D eigenvalue weighted by atomic mass is 9.89. The van der Waals surface area contributed by atoms with E-state index in [1.807, 2.05) is 0 Å². The molecular formula is C28H27N. The Balaban J connectivity index is 1.60. The van der Waals surface area contributed by atoms with Crippen LogP contribution in [-0.4, -0.2) is 4.57 Å². The van der Waals surface area contributed by atoms with Gasteiger partial charge in [-0.1, -0.05) is 92.7 Å². The summed E-state index contributed by atoms with van der Waals surface area (Å²) in [6, 6.07) is 33.7. The summed E-state index contributed by atoms with van der Waals surface area (Å²) in [7, 11) is 0. The normalized spacial score (nSPS) is 13.9. The van der Waals surface area contributed by atoms with Gasteiger partial charge in [0.2, 0.25) is 0 Å². The number of para-hydroxylation sites is 2. The maximum absolute atomic E-state index is 2.59. The van der Waals surface area contributed by atoms with Crippen molar-refractivity contribution in [2.24, 2.45) is 0 Å². The average Bonchev–Trinajstić information content (AvgIpc) is 3.11. The third-order valence-electron chi connectivity index (χ3n) is 6.43. The Labute approximate surface area is 172 Å². The molecule has 0 bridgehead atoms. The van der Waals surface area contributed by atoms with Crippen LogP contribution >= 0.6 is 0 Å². The first kappa shape index (κ1) is 18.0. The Bertz CT molecular complexity index is 1240. The van der Waals surface area contributed by atoms with E-state index in [1.165, 1.54) is 38.1 Å². The van der Waals surface area contributed by atoms with Gasteiger partial charge in [0.15, 0.2) is 0 Å². The average molecular weight is 378 g/mol. The number of nitrogens with zero attached hydrogens (tertiary/aromatic N) is 1. The number of fused-ring (bicyclic) bond motifs is 4. The second-order valence-corrected chi connectivity index (χ2v) is 8.17. The minimum atomic E-state index is 0.466. The van der Waals surface area contributed by atoms with Gasteiger partial charge in [0.1, 0.15) is 0 Å². The molecular weight excluding hydrogens is 350 g/mol.